The zero-order valence-corrected chi connectivity index (χ0v) is 14.3. The number of nitrogens with zero attached hydrogens (tertiary/aromatic N) is 1. The number of aromatic nitrogens is 1. The molecule has 0 unspecified atom stereocenters. The van der Waals surface area contributed by atoms with Crippen molar-refractivity contribution in [2.24, 2.45) is 0 Å². The van der Waals surface area contributed by atoms with Crippen LogP contribution in [-0.2, 0) is 9.53 Å². The van der Waals surface area contributed by atoms with Crippen LogP contribution in [0.4, 0.5) is 0 Å². The standard InChI is InChI=1S/C19H17NO3S/c1-3-23-19(22)17(18(21)14-9-5-4-6-10-14)20-13(2)24-16-12-8-7-11-15(16)20/h4-12H,3H2,1-2H3/p+1. The van der Waals surface area contributed by atoms with Gasteiger partial charge in [-0.2, -0.15) is 0 Å². The van der Waals surface area contributed by atoms with Gasteiger partial charge in [-0.15, -0.1) is 4.57 Å². The maximum Gasteiger partial charge on any atom is 0.408 e. The van der Waals surface area contributed by atoms with Crippen LogP contribution in [0.1, 0.15) is 17.5 Å². The number of aliphatic hydroxyl groups is 1. The fourth-order valence-corrected chi connectivity index (χ4v) is 3.62. The van der Waals surface area contributed by atoms with Crippen molar-refractivity contribution in [1.82, 2.24) is 0 Å². The van der Waals surface area contributed by atoms with Crippen LogP contribution in [0.2, 0.25) is 0 Å². The number of carbonyl (C=O) groups is 1. The number of aliphatic hydroxyl groups excluding tert-OH is 1. The zero-order valence-electron chi connectivity index (χ0n) is 13.5. The Kier molecular flexibility index (Phi) is 4.62. The van der Waals surface area contributed by atoms with Crippen molar-refractivity contribution in [1.29, 1.82) is 0 Å². The molecule has 4 nitrogen and oxygen atoms in total. The van der Waals surface area contributed by atoms with Crippen molar-refractivity contribution in [2.45, 2.75) is 13.8 Å². The minimum Gasteiger partial charge on any atom is -0.502 e. The number of para-hydroxylation sites is 1. The van der Waals surface area contributed by atoms with Crippen LogP contribution in [-0.4, -0.2) is 17.7 Å². The second-order valence-electron chi connectivity index (χ2n) is 5.21. The molecule has 0 aliphatic rings. The normalized spacial score (nSPS) is 12.1. The van der Waals surface area contributed by atoms with Gasteiger partial charge in [-0.3, -0.25) is 0 Å². The Morgan fingerprint density at radius 1 is 1.12 bits per heavy atom. The van der Waals surface area contributed by atoms with Gasteiger partial charge in [0.25, 0.3) is 0 Å². The predicted molar refractivity (Wildman–Crippen MR) is 95.6 cm³/mol. The van der Waals surface area contributed by atoms with E-state index in [9.17, 15) is 9.90 Å². The lowest BCUT2D eigenvalue weighted by atomic mass is 10.1. The molecule has 1 heterocycles. The molecule has 1 aromatic heterocycles. The Morgan fingerprint density at radius 2 is 1.79 bits per heavy atom. The zero-order chi connectivity index (χ0) is 17.1. The first-order valence-corrected chi connectivity index (χ1v) is 8.51. The van der Waals surface area contributed by atoms with E-state index in [1.807, 2.05) is 49.4 Å². The first-order valence-electron chi connectivity index (χ1n) is 7.69. The van der Waals surface area contributed by atoms with E-state index in [2.05, 4.69) is 0 Å². The SMILES string of the molecule is CCOC(=O)C(=C(O)c1ccccc1)[n+]1c(C)sc2ccccc21. The molecular weight excluding hydrogens is 322 g/mol. The molecule has 3 rings (SSSR count). The summed E-state index contributed by atoms with van der Waals surface area (Å²) in [6, 6.07) is 16.8. The van der Waals surface area contributed by atoms with Crippen LogP contribution in [0.3, 0.4) is 0 Å². The summed E-state index contributed by atoms with van der Waals surface area (Å²) < 4.78 is 8.01. The number of hydrogen-bond donors (Lipinski definition) is 1. The smallest absolute Gasteiger partial charge is 0.408 e. The van der Waals surface area contributed by atoms with Crippen molar-refractivity contribution in [3.63, 3.8) is 0 Å². The fraction of sp³-hybridized carbons (Fsp3) is 0.158. The van der Waals surface area contributed by atoms with Gasteiger partial charge in [0.05, 0.1) is 6.61 Å². The lowest BCUT2D eigenvalue weighted by Crippen LogP contribution is -2.39. The fourth-order valence-electron chi connectivity index (χ4n) is 2.61. The minimum absolute atomic E-state index is 0.0919. The Bertz CT molecular complexity index is 913. The molecule has 0 amide bonds. The molecule has 2 aromatic carbocycles. The van der Waals surface area contributed by atoms with Crippen LogP contribution >= 0.6 is 11.3 Å². The number of fused-ring (bicyclic) bond motifs is 1. The van der Waals surface area contributed by atoms with Gasteiger partial charge in [0.15, 0.2) is 0 Å². The van der Waals surface area contributed by atoms with Crippen LogP contribution in [0.5, 0.6) is 0 Å². The number of ether oxygens (including phenoxy) is 1. The Hall–Kier alpha value is -2.66. The van der Waals surface area contributed by atoms with E-state index in [4.69, 9.17) is 4.74 Å². The molecule has 3 aromatic rings. The summed E-state index contributed by atoms with van der Waals surface area (Å²) in [5.74, 6) is -0.638. The number of aryl methyl sites for hydroxylation is 1. The van der Waals surface area contributed by atoms with Crippen molar-refractivity contribution in [3.05, 3.63) is 65.2 Å². The Labute approximate surface area is 144 Å². The molecule has 5 heteroatoms. The van der Waals surface area contributed by atoms with Crippen molar-refractivity contribution >= 4 is 39.0 Å². The van der Waals surface area contributed by atoms with Crippen molar-refractivity contribution in [3.8, 4) is 0 Å². The molecule has 0 bridgehead atoms. The quantitative estimate of drug-likeness (QED) is 0.339. The molecule has 0 radical (unpaired) electrons. The highest BCUT2D eigenvalue weighted by Gasteiger charge is 2.33. The summed E-state index contributed by atoms with van der Waals surface area (Å²) in [4.78, 5) is 12.6. The number of rotatable bonds is 4. The third-order valence-corrected chi connectivity index (χ3v) is 4.69. The monoisotopic (exact) mass is 340 g/mol. The van der Waals surface area contributed by atoms with Gasteiger partial charge < -0.3 is 9.84 Å². The first-order chi connectivity index (χ1) is 11.6. The summed E-state index contributed by atoms with van der Waals surface area (Å²) in [6.07, 6.45) is 0. The van der Waals surface area contributed by atoms with E-state index in [1.54, 1.807) is 35.0 Å². The largest absolute Gasteiger partial charge is 0.502 e. The van der Waals surface area contributed by atoms with Gasteiger partial charge in [-0.05, 0) is 13.0 Å². The second-order valence-corrected chi connectivity index (χ2v) is 6.44. The number of esters is 1. The van der Waals surface area contributed by atoms with Gasteiger partial charge in [-0.1, -0.05) is 53.8 Å². The summed E-state index contributed by atoms with van der Waals surface area (Å²) in [6.45, 7) is 3.91. The van der Waals surface area contributed by atoms with Gasteiger partial charge >= 0.3 is 11.7 Å². The van der Waals surface area contributed by atoms with E-state index < -0.39 is 5.97 Å². The number of carbonyl (C=O) groups excluding carboxylic acids is 1. The van der Waals surface area contributed by atoms with Crippen molar-refractivity contribution < 1.29 is 19.2 Å². The molecule has 122 valence electrons. The second kappa shape index (κ2) is 6.84. The third kappa shape index (κ3) is 2.90. The molecule has 0 aliphatic heterocycles. The van der Waals surface area contributed by atoms with Gasteiger partial charge in [0.2, 0.25) is 16.3 Å². The molecule has 1 N–H and O–H groups in total. The highest BCUT2D eigenvalue weighted by atomic mass is 32.1. The van der Waals surface area contributed by atoms with Crippen molar-refractivity contribution in [2.75, 3.05) is 6.61 Å². The number of benzene rings is 2. The molecule has 0 saturated heterocycles. The van der Waals surface area contributed by atoms with E-state index in [1.165, 1.54) is 0 Å². The van der Waals surface area contributed by atoms with E-state index >= 15 is 0 Å². The lowest BCUT2D eigenvalue weighted by Gasteiger charge is -2.06. The van der Waals surface area contributed by atoms with Crippen LogP contribution in [0.15, 0.2) is 54.6 Å². The molecule has 0 aliphatic carbocycles. The highest BCUT2D eigenvalue weighted by Crippen LogP contribution is 2.25. The summed E-state index contributed by atoms with van der Waals surface area (Å²) in [5.41, 5.74) is 1.58. The molecular formula is C19H18NO3S+. The Balaban J connectivity index is 2.29. The van der Waals surface area contributed by atoms with E-state index in [0.29, 0.717) is 5.56 Å². The molecule has 0 fully saturated rings. The predicted octanol–water partition coefficient (Wildman–Crippen LogP) is 3.94. The van der Waals surface area contributed by atoms with Gasteiger partial charge in [0, 0.05) is 18.6 Å². The van der Waals surface area contributed by atoms with Crippen LogP contribution < -0.4 is 4.57 Å². The average Bonchev–Trinajstić information content (AvgIpc) is 2.92. The number of thiazole rings is 1. The molecule has 0 saturated carbocycles. The topological polar surface area (TPSA) is 50.4 Å². The molecule has 24 heavy (non-hydrogen) atoms. The lowest BCUT2D eigenvalue weighted by molar-refractivity contribution is -0.551. The van der Waals surface area contributed by atoms with Crippen LogP contribution in [0.25, 0.3) is 21.7 Å². The first kappa shape index (κ1) is 16.2. The minimum atomic E-state index is -0.546. The maximum atomic E-state index is 12.6. The molecule has 0 atom stereocenters. The van der Waals surface area contributed by atoms with E-state index in [-0.39, 0.29) is 18.1 Å². The average molecular weight is 340 g/mol. The maximum absolute atomic E-state index is 12.6. The van der Waals surface area contributed by atoms with Gasteiger partial charge in [0.1, 0.15) is 4.70 Å². The molecule has 0 spiro atoms. The summed E-state index contributed by atoms with van der Waals surface area (Å²) >= 11 is 1.57. The van der Waals surface area contributed by atoms with E-state index in [0.717, 1.165) is 15.2 Å². The summed E-state index contributed by atoms with van der Waals surface area (Å²) in [7, 11) is 0. The highest BCUT2D eigenvalue weighted by molar-refractivity contribution is 7.18. The Morgan fingerprint density at radius 3 is 2.50 bits per heavy atom. The van der Waals surface area contributed by atoms with Gasteiger partial charge in [-0.25, -0.2) is 4.79 Å². The summed E-state index contributed by atoms with van der Waals surface area (Å²) in [5, 5.41) is 11.7. The third-order valence-electron chi connectivity index (χ3n) is 3.64. The van der Waals surface area contributed by atoms with Crippen LogP contribution in [0, 0.1) is 6.92 Å². The number of hydrogen-bond acceptors (Lipinski definition) is 4.